The molecule has 1 atom stereocenters. The fourth-order valence-electron chi connectivity index (χ4n) is 4.09. The predicted octanol–water partition coefficient (Wildman–Crippen LogP) is 4.09. The van der Waals surface area contributed by atoms with Crippen molar-refractivity contribution >= 4 is 37.8 Å². The zero-order chi connectivity index (χ0) is 20.9. The van der Waals surface area contributed by atoms with E-state index in [9.17, 15) is 12.6 Å². The van der Waals surface area contributed by atoms with Crippen molar-refractivity contribution in [3.05, 3.63) is 64.5 Å². The lowest BCUT2D eigenvalue weighted by Crippen LogP contribution is -2.38. The molecule has 2 aromatic carbocycles. The molecule has 152 valence electrons. The van der Waals surface area contributed by atoms with Gasteiger partial charge in [0.15, 0.2) is 0 Å². The number of anilines is 1. The lowest BCUT2D eigenvalue weighted by molar-refractivity contribution is 0.591. The molecule has 3 aromatic rings. The summed E-state index contributed by atoms with van der Waals surface area (Å²) in [4.78, 5) is 2.29. The molecule has 0 saturated heterocycles. The van der Waals surface area contributed by atoms with Crippen LogP contribution in [0.2, 0.25) is 0 Å². The molecule has 0 bridgehead atoms. The monoisotopic (exact) mass is 454 g/mol. The second kappa shape index (κ2) is 7.34. The summed E-state index contributed by atoms with van der Waals surface area (Å²) in [6.45, 7) is 0.177. The molecule has 2 aliphatic rings. The number of rotatable bonds is 3. The first kappa shape index (κ1) is 19.5. The van der Waals surface area contributed by atoms with E-state index in [1.165, 1.54) is 21.2 Å². The molecule has 8 heteroatoms. The number of thiophene rings is 1. The Balaban J connectivity index is 1.61. The fourth-order valence-corrected chi connectivity index (χ4v) is 7.78. The van der Waals surface area contributed by atoms with Gasteiger partial charge in [-0.05, 0) is 72.4 Å². The first-order chi connectivity index (χ1) is 14.5. The van der Waals surface area contributed by atoms with Crippen LogP contribution in [0.3, 0.4) is 0 Å². The molecule has 1 unspecified atom stereocenters. The van der Waals surface area contributed by atoms with E-state index in [0.29, 0.717) is 15.5 Å². The summed E-state index contributed by atoms with van der Waals surface area (Å²) in [5, 5.41) is 9.10. The molecule has 5 nitrogen and oxygen atoms in total. The van der Waals surface area contributed by atoms with E-state index in [1.54, 1.807) is 30.3 Å². The van der Waals surface area contributed by atoms with Gasteiger partial charge in [0.05, 0.1) is 26.3 Å². The highest BCUT2D eigenvalue weighted by atomic mass is 32.2. The molecule has 2 heterocycles. The van der Waals surface area contributed by atoms with E-state index in [1.807, 2.05) is 18.2 Å². The number of hydrogen-bond acceptors (Lipinski definition) is 5. The average Bonchev–Trinajstić information content (AvgIpc) is 3.42. The second-order valence-corrected chi connectivity index (χ2v) is 11.9. The van der Waals surface area contributed by atoms with Gasteiger partial charge in [0, 0.05) is 17.2 Å². The minimum absolute atomic E-state index is 0.177. The SMILES string of the molecule is N#Cc1ccc(-c2ccc3c(c2)N(S(=O)(=O)c2ccc4c(c2)CCC4)CCS3=O)s1. The molecule has 1 aromatic heterocycles. The van der Waals surface area contributed by atoms with E-state index in [2.05, 4.69) is 6.07 Å². The summed E-state index contributed by atoms with van der Waals surface area (Å²) in [6.07, 6.45) is 2.96. The van der Waals surface area contributed by atoms with E-state index in [0.717, 1.165) is 35.3 Å². The summed E-state index contributed by atoms with van der Waals surface area (Å²) < 4.78 is 41.1. The van der Waals surface area contributed by atoms with E-state index in [4.69, 9.17) is 5.26 Å². The quantitative estimate of drug-likeness (QED) is 0.597. The van der Waals surface area contributed by atoms with E-state index in [-0.39, 0.29) is 17.2 Å². The van der Waals surface area contributed by atoms with Gasteiger partial charge in [-0.25, -0.2) is 8.42 Å². The Morgan fingerprint density at radius 3 is 2.67 bits per heavy atom. The van der Waals surface area contributed by atoms with Crippen molar-refractivity contribution in [1.29, 1.82) is 5.26 Å². The van der Waals surface area contributed by atoms with Gasteiger partial charge in [-0.3, -0.25) is 8.51 Å². The van der Waals surface area contributed by atoms with Crippen LogP contribution in [0.1, 0.15) is 22.4 Å². The van der Waals surface area contributed by atoms with Crippen LogP contribution in [0.15, 0.2) is 58.3 Å². The smallest absolute Gasteiger partial charge is 0.264 e. The van der Waals surface area contributed by atoms with Gasteiger partial charge in [0.2, 0.25) is 0 Å². The third-order valence-corrected chi connectivity index (χ3v) is 9.85. The van der Waals surface area contributed by atoms with Crippen LogP contribution in [0, 0.1) is 11.3 Å². The molecule has 5 rings (SSSR count). The largest absolute Gasteiger partial charge is 0.264 e. The van der Waals surface area contributed by atoms with Crippen molar-refractivity contribution in [2.75, 3.05) is 16.6 Å². The highest BCUT2D eigenvalue weighted by Crippen LogP contribution is 2.38. The Morgan fingerprint density at radius 2 is 1.87 bits per heavy atom. The van der Waals surface area contributed by atoms with Gasteiger partial charge >= 0.3 is 0 Å². The van der Waals surface area contributed by atoms with Gasteiger partial charge in [-0.15, -0.1) is 11.3 Å². The van der Waals surface area contributed by atoms with Gasteiger partial charge < -0.3 is 0 Å². The summed E-state index contributed by atoms with van der Waals surface area (Å²) in [5.74, 6) is 0.272. The summed E-state index contributed by atoms with van der Waals surface area (Å²) >= 11 is 1.35. The molecule has 0 radical (unpaired) electrons. The van der Waals surface area contributed by atoms with Crippen LogP contribution in [0.25, 0.3) is 10.4 Å². The molecule has 0 saturated carbocycles. The summed E-state index contributed by atoms with van der Waals surface area (Å²) in [6, 6.07) is 16.5. The van der Waals surface area contributed by atoms with Crippen molar-refractivity contribution in [1.82, 2.24) is 0 Å². The van der Waals surface area contributed by atoms with E-state index >= 15 is 0 Å². The zero-order valence-electron chi connectivity index (χ0n) is 16.0. The molecule has 0 spiro atoms. The molecular formula is C22H18N2O3S3. The van der Waals surface area contributed by atoms with Crippen LogP contribution in [-0.4, -0.2) is 24.9 Å². The van der Waals surface area contributed by atoms with Gasteiger partial charge in [-0.1, -0.05) is 12.1 Å². The third kappa shape index (κ3) is 3.18. The molecule has 1 aliphatic heterocycles. The first-order valence-corrected chi connectivity index (χ1v) is 13.2. The van der Waals surface area contributed by atoms with Crippen molar-refractivity contribution in [3.63, 3.8) is 0 Å². The highest BCUT2D eigenvalue weighted by molar-refractivity contribution is 7.93. The van der Waals surface area contributed by atoms with Crippen molar-refractivity contribution < 1.29 is 12.6 Å². The van der Waals surface area contributed by atoms with Gasteiger partial charge in [0.1, 0.15) is 10.9 Å². The first-order valence-electron chi connectivity index (χ1n) is 9.65. The number of aryl methyl sites for hydroxylation is 2. The maximum atomic E-state index is 13.5. The fraction of sp³-hybridized carbons (Fsp3) is 0.227. The lowest BCUT2D eigenvalue weighted by atomic mass is 10.1. The Labute approximate surface area is 182 Å². The van der Waals surface area contributed by atoms with Gasteiger partial charge in [-0.2, -0.15) is 5.26 Å². The standard InChI is InChI=1S/C22H18N2O3S3/c23-14-18-6-8-21(28-18)17-5-9-22-20(13-17)24(10-11-29(22)25)30(26,27)19-7-4-15-2-1-3-16(15)12-19/h4-9,12-13H,1-3,10-11H2. The molecule has 0 amide bonds. The van der Waals surface area contributed by atoms with Crippen LogP contribution in [0.4, 0.5) is 5.69 Å². The summed E-state index contributed by atoms with van der Waals surface area (Å²) in [7, 11) is -5.01. The minimum Gasteiger partial charge on any atom is -0.264 e. The Hall–Kier alpha value is -2.47. The van der Waals surface area contributed by atoms with Crippen LogP contribution < -0.4 is 4.31 Å². The lowest BCUT2D eigenvalue weighted by Gasteiger charge is -2.30. The highest BCUT2D eigenvalue weighted by Gasteiger charge is 2.33. The number of sulfonamides is 1. The van der Waals surface area contributed by atoms with E-state index < -0.39 is 20.8 Å². The molecule has 0 N–H and O–H groups in total. The normalized spacial score (nSPS) is 18.0. The van der Waals surface area contributed by atoms with Gasteiger partial charge in [0.25, 0.3) is 10.0 Å². The number of hydrogen-bond donors (Lipinski definition) is 0. The average molecular weight is 455 g/mol. The number of benzene rings is 2. The molecule has 30 heavy (non-hydrogen) atoms. The third-order valence-electron chi connectivity index (χ3n) is 5.61. The zero-order valence-corrected chi connectivity index (χ0v) is 18.4. The number of nitriles is 1. The maximum absolute atomic E-state index is 13.5. The Morgan fingerprint density at radius 1 is 1.03 bits per heavy atom. The van der Waals surface area contributed by atoms with Crippen molar-refractivity contribution in [3.8, 4) is 16.5 Å². The Kier molecular flexibility index (Phi) is 4.77. The topological polar surface area (TPSA) is 78.2 Å². The molecule has 1 aliphatic carbocycles. The minimum atomic E-state index is -3.77. The second-order valence-electron chi connectivity index (χ2n) is 7.37. The Bertz CT molecular complexity index is 1340. The maximum Gasteiger partial charge on any atom is 0.264 e. The number of fused-ring (bicyclic) bond motifs is 2. The predicted molar refractivity (Wildman–Crippen MR) is 119 cm³/mol. The summed E-state index contributed by atoms with van der Waals surface area (Å²) in [5.41, 5.74) is 3.61. The van der Waals surface area contributed by atoms with Crippen molar-refractivity contribution in [2.24, 2.45) is 0 Å². The number of nitrogens with zero attached hydrogens (tertiary/aromatic N) is 2. The van der Waals surface area contributed by atoms with Crippen molar-refractivity contribution in [2.45, 2.75) is 29.1 Å². The molecular weight excluding hydrogens is 436 g/mol. The van der Waals surface area contributed by atoms with Crippen LogP contribution >= 0.6 is 11.3 Å². The van der Waals surface area contributed by atoms with Crippen LogP contribution in [-0.2, 0) is 33.7 Å². The van der Waals surface area contributed by atoms with Crippen LogP contribution in [0.5, 0.6) is 0 Å². The molecule has 0 fully saturated rings.